The molecule has 0 aliphatic rings. The highest BCUT2D eigenvalue weighted by Crippen LogP contribution is 2.29. The number of benzene rings is 1. The summed E-state index contributed by atoms with van der Waals surface area (Å²) >= 11 is 0. The van der Waals surface area contributed by atoms with Gasteiger partial charge < -0.3 is 18.8 Å². The predicted octanol–water partition coefficient (Wildman–Crippen LogP) is 3.79. The molecule has 1 amide bonds. The van der Waals surface area contributed by atoms with Gasteiger partial charge in [-0.3, -0.25) is 9.59 Å². The summed E-state index contributed by atoms with van der Waals surface area (Å²) in [5.41, 5.74) is 1.68. The molecule has 6 heteroatoms. The van der Waals surface area contributed by atoms with E-state index in [4.69, 9.17) is 13.9 Å². The Hall–Kier alpha value is -3.02. The van der Waals surface area contributed by atoms with E-state index < -0.39 is 5.97 Å². The fourth-order valence-corrected chi connectivity index (χ4v) is 2.80. The Morgan fingerprint density at radius 3 is 2.68 bits per heavy atom. The maximum Gasteiger partial charge on any atom is 0.311 e. The number of fused-ring (bicyclic) bond motifs is 1. The minimum Gasteiger partial charge on any atom is -0.481 e. The van der Waals surface area contributed by atoms with Crippen molar-refractivity contribution in [3.05, 3.63) is 59.2 Å². The van der Waals surface area contributed by atoms with Crippen LogP contribution in [0.1, 0.15) is 40.4 Å². The molecule has 0 aliphatic heterocycles. The van der Waals surface area contributed by atoms with Crippen LogP contribution >= 0.6 is 0 Å². The normalized spacial score (nSPS) is 12.3. The lowest BCUT2D eigenvalue weighted by Crippen LogP contribution is -2.30. The molecule has 2 heterocycles. The third-order valence-electron chi connectivity index (χ3n) is 4.33. The van der Waals surface area contributed by atoms with Crippen molar-refractivity contribution in [1.82, 2.24) is 4.90 Å². The minimum absolute atomic E-state index is 0.165. The number of carbonyl (C=O) groups excluding carboxylic acids is 1. The van der Waals surface area contributed by atoms with Crippen LogP contribution in [0, 0.1) is 6.92 Å². The fraction of sp³-hybridized carbons (Fsp3) is 0.263. The molecule has 25 heavy (non-hydrogen) atoms. The first-order valence-electron chi connectivity index (χ1n) is 7.93. The first-order valence-corrected chi connectivity index (χ1v) is 7.93. The van der Waals surface area contributed by atoms with Crippen LogP contribution in [0.5, 0.6) is 0 Å². The highest BCUT2D eigenvalue weighted by atomic mass is 16.4. The molecule has 0 saturated heterocycles. The lowest BCUT2D eigenvalue weighted by atomic mass is 10.1. The first kappa shape index (κ1) is 16.8. The lowest BCUT2D eigenvalue weighted by Gasteiger charge is -2.23. The summed E-state index contributed by atoms with van der Waals surface area (Å²) in [6, 6.07) is 9.23. The van der Waals surface area contributed by atoms with Crippen LogP contribution in [0.4, 0.5) is 0 Å². The van der Waals surface area contributed by atoms with E-state index >= 15 is 0 Å². The summed E-state index contributed by atoms with van der Waals surface area (Å²) < 4.78 is 11.1. The molecule has 130 valence electrons. The Morgan fingerprint density at radius 1 is 1.28 bits per heavy atom. The summed E-state index contributed by atoms with van der Waals surface area (Å²) in [6.07, 6.45) is 1.08. The molecule has 0 fully saturated rings. The van der Waals surface area contributed by atoms with Crippen molar-refractivity contribution in [2.75, 3.05) is 7.05 Å². The van der Waals surface area contributed by atoms with Crippen LogP contribution in [0.15, 0.2) is 45.4 Å². The zero-order valence-corrected chi connectivity index (χ0v) is 14.3. The standard InChI is InChI=1S/C19H19NO5/c1-11-10-24-16(9-17(21)22)18(11)19(23)20(3)12(2)15-8-13-6-4-5-7-14(13)25-15/h4-8,10,12H,9H2,1-3H3,(H,21,22). The third-order valence-corrected chi connectivity index (χ3v) is 4.33. The van der Waals surface area contributed by atoms with Crippen molar-refractivity contribution < 1.29 is 23.5 Å². The molecule has 0 spiro atoms. The van der Waals surface area contributed by atoms with Gasteiger partial charge in [-0.25, -0.2) is 0 Å². The zero-order valence-electron chi connectivity index (χ0n) is 14.3. The molecule has 3 aromatic rings. The van der Waals surface area contributed by atoms with Crippen LogP contribution in [0.3, 0.4) is 0 Å². The van der Waals surface area contributed by atoms with E-state index in [1.165, 1.54) is 11.2 Å². The second kappa shape index (κ2) is 6.47. The summed E-state index contributed by atoms with van der Waals surface area (Å²) in [7, 11) is 1.66. The van der Waals surface area contributed by atoms with Crippen molar-refractivity contribution in [2.45, 2.75) is 26.3 Å². The number of hydrogen-bond donors (Lipinski definition) is 1. The van der Waals surface area contributed by atoms with Crippen LogP contribution in [0.25, 0.3) is 11.0 Å². The van der Waals surface area contributed by atoms with Gasteiger partial charge in [-0.1, -0.05) is 18.2 Å². The summed E-state index contributed by atoms with van der Waals surface area (Å²) in [6.45, 7) is 3.59. The summed E-state index contributed by atoms with van der Waals surface area (Å²) in [4.78, 5) is 25.4. The smallest absolute Gasteiger partial charge is 0.311 e. The molecule has 1 atom stereocenters. The van der Waals surface area contributed by atoms with E-state index in [1.807, 2.05) is 37.3 Å². The molecule has 0 bridgehead atoms. The number of carbonyl (C=O) groups is 2. The minimum atomic E-state index is -1.05. The van der Waals surface area contributed by atoms with Crippen LogP contribution < -0.4 is 0 Å². The van der Waals surface area contributed by atoms with Crippen LogP contribution in [-0.4, -0.2) is 28.9 Å². The van der Waals surface area contributed by atoms with E-state index in [2.05, 4.69) is 0 Å². The van der Waals surface area contributed by atoms with Crippen molar-refractivity contribution in [3.63, 3.8) is 0 Å². The molecule has 0 saturated carbocycles. The SMILES string of the molecule is Cc1coc(CC(=O)O)c1C(=O)N(C)C(C)c1cc2ccccc2o1. The molecule has 0 aliphatic carbocycles. The molecule has 0 radical (unpaired) electrons. The zero-order chi connectivity index (χ0) is 18.1. The van der Waals surface area contributed by atoms with Gasteiger partial charge in [-0.15, -0.1) is 0 Å². The maximum absolute atomic E-state index is 12.9. The Kier molecular flexibility index (Phi) is 4.35. The highest BCUT2D eigenvalue weighted by molar-refractivity contribution is 5.97. The molecule has 1 N–H and O–H groups in total. The van der Waals surface area contributed by atoms with Gasteiger partial charge >= 0.3 is 5.97 Å². The number of para-hydroxylation sites is 1. The van der Waals surface area contributed by atoms with Gasteiger partial charge in [0.15, 0.2) is 0 Å². The predicted molar refractivity (Wildman–Crippen MR) is 91.5 cm³/mol. The summed E-state index contributed by atoms with van der Waals surface area (Å²) in [5, 5.41) is 9.96. The topological polar surface area (TPSA) is 83.9 Å². The number of nitrogens with zero attached hydrogens (tertiary/aromatic N) is 1. The summed E-state index contributed by atoms with van der Waals surface area (Å²) in [5.74, 6) is -0.511. The van der Waals surface area contributed by atoms with Crippen molar-refractivity contribution >= 4 is 22.8 Å². The Morgan fingerprint density at radius 2 is 2.00 bits per heavy atom. The molecule has 2 aromatic heterocycles. The largest absolute Gasteiger partial charge is 0.481 e. The maximum atomic E-state index is 12.9. The number of aliphatic carboxylic acids is 1. The van der Waals surface area contributed by atoms with Gasteiger partial charge in [-0.2, -0.15) is 0 Å². The Bertz CT molecular complexity index is 903. The second-order valence-electron chi connectivity index (χ2n) is 6.07. The van der Waals surface area contributed by atoms with Gasteiger partial charge in [-0.05, 0) is 26.0 Å². The van der Waals surface area contributed by atoms with E-state index in [-0.39, 0.29) is 24.1 Å². The quantitative estimate of drug-likeness (QED) is 0.763. The van der Waals surface area contributed by atoms with Crippen LogP contribution in [0.2, 0.25) is 0 Å². The van der Waals surface area contributed by atoms with Gasteiger partial charge in [0.05, 0.1) is 17.9 Å². The second-order valence-corrected chi connectivity index (χ2v) is 6.07. The average Bonchev–Trinajstić information content (AvgIpc) is 3.16. The number of amides is 1. The lowest BCUT2D eigenvalue weighted by molar-refractivity contribution is -0.136. The van der Waals surface area contributed by atoms with E-state index in [1.54, 1.807) is 14.0 Å². The number of carboxylic acids is 1. The fourth-order valence-electron chi connectivity index (χ4n) is 2.80. The number of aryl methyl sites for hydroxylation is 1. The molecule has 1 aromatic carbocycles. The number of hydrogen-bond acceptors (Lipinski definition) is 4. The third kappa shape index (κ3) is 3.15. The average molecular weight is 341 g/mol. The Balaban J connectivity index is 1.89. The van der Waals surface area contributed by atoms with Gasteiger partial charge in [0.25, 0.3) is 5.91 Å². The van der Waals surface area contributed by atoms with Gasteiger partial charge in [0.2, 0.25) is 0 Å². The highest BCUT2D eigenvalue weighted by Gasteiger charge is 2.27. The molecule has 1 unspecified atom stereocenters. The van der Waals surface area contributed by atoms with E-state index in [9.17, 15) is 9.59 Å². The van der Waals surface area contributed by atoms with Crippen LogP contribution in [-0.2, 0) is 11.2 Å². The number of rotatable bonds is 5. The number of carboxylic acid groups (broad SMARTS) is 1. The molecule has 3 rings (SSSR count). The first-order chi connectivity index (χ1) is 11.9. The van der Waals surface area contributed by atoms with Gasteiger partial charge in [0, 0.05) is 18.0 Å². The van der Waals surface area contributed by atoms with Crippen molar-refractivity contribution in [1.29, 1.82) is 0 Å². The Labute approximate surface area is 144 Å². The van der Waals surface area contributed by atoms with E-state index in [0.717, 1.165) is 11.0 Å². The van der Waals surface area contributed by atoms with Crippen molar-refractivity contribution in [2.24, 2.45) is 0 Å². The molecule has 6 nitrogen and oxygen atoms in total. The van der Waals surface area contributed by atoms with E-state index in [0.29, 0.717) is 16.9 Å². The van der Waals surface area contributed by atoms with Crippen molar-refractivity contribution in [3.8, 4) is 0 Å². The molecular weight excluding hydrogens is 322 g/mol. The monoisotopic (exact) mass is 341 g/mol. The van der Waals surface area contributed by atoms with Gasteiger partial charge in [0.1, 0.15) is 23.5 Å². The number of furan rings is 2. The molecular formula is C19H19NO5.